The Morgan fingerprint density at radius 3 is 2.80 bits per heavy atom. The van der Waals surface area contributed by atoms with E-state index in [1.54, 1.807) is 13.0 Å². The zero-order valence-corrected chi connectivity index (χ0v) is 10.4. The van der Waals surface area contributed by atoms with Crippen LogP contribution in [-0.2, 0) is 16.0 Å². The quantitative estimate of drug-likeness (QED) is 0.679. The SMILES string of the molecule is CCOC(=O)Cc1ccc(N)c(Br)c1C. The Bertz CT molecular complexity index is 377. The van der Waals surface area contributed by atoms with Gasteiger partial charge in [0.05, 0.1) is 13.0 Å². The largest absolute Gasteiger partial charge is 0.466 e. The number of carbonyl (C=O) groups is 1. The molecule has 0 aliphatic carbocycles. The third-order valence-electron chi connectivity index (χ3n) is 2.17. The van der Waals surface area contributed by atoms with Crippen LogP contribution in [0.25, 0.3) is 0 Å². The third-order valence-corrected chi connectivity index (χ3v) is 3.22. The molecule has 0 heterocycles. The Morgan fingerprint density at radius 1 is 1.53 bits per heavy atom. The smallest absolute Gasteiger partial charge is 0.310 e. The fraction of sp³-hybridized carbons (Fsp3) is 0.364. The normalized spacial score (nSPS) is 10.1. The molecule has 82 valence electrons. The highest BCUT2D eigenvalue weighted by atomic mass is 79.9. The molecule has 1 aromatic carbocycles. The minimum Gasteiger partial charge on any atom is -0.466 e. The molecule has 2 N–H and O–H groups in total. The highest BCUT2D eigenvalue weighted by Crippen LogP contribution is 2.26. The van der Waals surface area contributed by atoms with Gasteiger partial charge in [0.2, 0.25) is 0 Å². The zero-order chi connectivity index (χ0) is 11.4. The summed E-state index contributed by atoms with van der Waals surface area (Å²) in [6.45, 7) is 4.13. The van der Waals surface area contributed by atoms with Crippen molar-refractivity contribution in [1.82, 2.24) is 0 Å². The van der Waals surface area contributed by atoms with Crippen molar-refractivity contribution in [2.45, 2.75) is 20.3 Å². The Hall–Kier alpha value is -1.03. The van der Waals surface area contributed by atoms with E-state index in [4.69, 9.17) is 10.5 Å². The summed E-state index contributed by atoms with van der Waals surface area (Å²) in [7, 11) is 0. The summed E-state index contributed by atoms with van der Waals surface area (Å²) >= 11 is 3.38. The molecular weight excluding hydrogens is 258 g/mol. The molecule has 0 radical (unpaired) electrons. The van der Waals surface area contributed by atoms with E-state index < -0.39 is 0 Å². The highest BCUT2D eigenvalue weighted by molar-refractivity contribution is 9.10. The molecular formula is C11H14BrNO2. The van der Waals surface area contributed by atoms with E-state index >= 15 is 0 Å². The standard InChI is InChI=1S/C11H14BrNO2/c1-3-15-10(14)6-8-4-5-9(13)11(12)7(8)2/h4-5H,3,6,13H2,1-2H3. The second kappa shape index (κ2) is 5.16. The number of rotatable bonds is 3. The fourth-order valence-electron chi connectivity index (χ4n) is 1.31. The van der Waals surface area contributed by atoms with Gasteiger partial charge in [-0.05, 0) is 47.0 Å². The minimum absolute atomic E-state index is 0.211. The maximum absolute atomic E-state index is 11.3. The van der Waals surface area contributed by atoms with E-state index in [-0.39, 0.29) is 5.97 Å². The molecule has 4 heteroatoms. The number of hydrogen-bond acceptors (Lipinski definition) is 3. The van der Waals surface area contributed by atoms with Gasteiger partial charge in [-0.3, -0.25) is 4.79 Å². The first-order valence-electron chi connectivity index (χ1n) is 4.75. The molecule has 0 saturated carbocycles. The van der Waals surface area contributed by atoms with E-state index in [9.17, 15) is 4.79 Å². The van der Waals surface area contributed by atoms with Crippen LogP contribution in [0.3, 0.4) is 0 Å². The van der Waals surface area contributed by atoms with Gasteiger partial charge in [0.15, 0.2) is 0 Å². The van der Waals surface area contributed by atoms with Crippen molar-refractivity contribution in [2.75, 3.05) is 12.3 Å². The Morgan fingerprint density at radius 2 is 2.20 bits per heavy atom. The number of esters is 1. The van der Waals surface area contributed by atoms with Crippen LogP contribution >= 0.6 is 15.9 Å². The number of hydrogen-bond donors (Lipinski definition) is 1. The molecule has 0 atom stereocenters. The van der Waals surface area contributed by atoms with Gasteiger partial charge in [-0.2, -0.15) is 0 Å². The molecule has 0 fully saturated rings. The molecule has 0 bridgehead atoms. The van der Waals surface area contributed by atoms with Crippen LogP contribution in [0.4, 0.5) is 5.69 Å². The number of anilines is 1. The van der Waals surface area contributed by atoms with E-state index in [0.717, 1.165) is 15.6 Å². The van der Waals surface area contributed by atoms with Gasteiger partial charge in [0.1, 0.15) is 0 Å². The predicted octanol–water partition coefficient (Wildman–Crippen LogP) is 2.45. The number of halogens is 1. The van der Waals surface area contributed by atoms with Crippen molar-refractivity contribution in [1.29, 1.82) is 0 Å². The summed E-state index contributed by atoms with van der Waals surface area (Å²) in [4.78, 5) is 11.3. The van der Waals surface area contributed by atoms with E-state index in [0.29, 0.717) is 18.7 Å². The molecule has 1 rings (SSSR count). The molecule has 0 aliphatic heterocycles. The van der Waals surface area contributed by atoms with Gasteiger partial charge in [-0.1, -0.05) is 6.07 Å². The molecule has 0 aromatic heterocycles. The number of carbonyl (C=O) groups excluding carboxylic acids is 1. The average Bonchev–Trinajstić information content (AvgIpc) is 2.20. The van der Waals surface area contributed by atoms with Gasteiger partial charge in [-0.25, -0.2) is 0 Å². The van der Waals surface area contributed by atoms with E-state index in [1.165, 1.54) is 0 Å². The zero-order valence-electron chi connectivity index (χ0n) is 8.84. The van der Waals surface area contributed by atoms with Crippen molar-refractivity contribution in [3.8, 4) is 0 Å². The van der Waals surface area contributed by atoms with E-state index in [2.05, 4.69) is 15.9 Å². The highest BCUT2D eigenvalue weighted by Gasteiger charge is 2.09. The first kappa shape index (κ1) is 12.0. The number of ether oxygens (including phenoxy) is 1. The fourth-order valence-corrected chi connectivity index (χ4v) is 1.69. The van der Waals surface area contributed by atoms with Gasteiger partial charge in [0, 0.05) is 10.2 Å². The van der Waals surface area contributed by atoms with Crippen LogP contribution in [0.1, 0.15) is 18.1 Å². The summed E-state index contributed by atoms with van der Waals surface area (Å²) < 4.78 is 5.74. The topological polar surface area (TPSA) is 52.3 Å². The number of benzene rings is 1. The monoisotopic (exact) mass is 271 g/mol. The summed E-state index contributed by atoms with van der Waals surface area (Å²) in [6, 6.07) is 3.64. The molecule has 0 aliphatic rings. The van der Waals surface area contributed by atoms with Gasteiger partial charge in [-0.15, -0.1) is 0 Å². The van der Waals surface area contributed by atoms with Crippen molar-refractivity contribution in [3.05, 3.63) is 27.7 Å². The molecule has 0 amide bonds. The molecule has 1 aromatic rings. The van der Waals surface area contributed by atoms with Crippen molar-refractivity contribution < 1.29 is 9.53 Å². The summed E-state index contributed by atoms with van der Waals surface area (Å²) in [5.41, 5.74) is 8.32. The van der Waals surface area contributed by atoms with Crippen LogP contribution < -0.4 is 5.73 Å². The lowest BCUT2D eigenvalue weighted by atomic mass is 10.1. The lowest BCUT2D eigenvalue weighted by Crippen LogP contribution is -2.09. The van der Waals surface area contributed by atoms with Crippen LogP contribution in [-0.4, -0.2) is 12.6 Å². The second-order valence-electron chi connectivity index (χ2n) is 3.23. The lowest BCUT2D eigenvalue weighted by molar-refractivity contribution is -0.142. The number of nitrogens with two attached hydrogens (primary N) is 1. The van der Waals surface area contributed by atoms with Gasteiger partial charge < -0.3 is 10.5 Å². The molecule has 0 saturated heterocycles. The maximum Gasteiger partial charge on any atom is 0.310 e. The predicted molar refractivity (Wildman–Crippen MR) is 63.6 cm³/mol. The summed E-state index contributed by atoms with van der Waals surface area (Å²) in [6.07, 6.45) is 0.290. The second-order valence-corrected chi connectivity index (χ2v) is 4.03. The van der Waals surface area contributed by atoms with Crippen molar-refractivity contribution in [3.63, 3.8) is 0 Å². The van der Waals surface area contributed by atoms with E-state index in [1.807, 2.05) is 13.0 Å². The number of nitrogen functional groups attached to an aromatic ring is 1. The van der Waals surface area contributed by atoms with Crippen molar-refractivity contribution in [2.24, 2.45) is 0 Å². The molecule has 3 nitrogen and oxygen atoms in total. The Balaban J connectivity index is 2.87. The van der Waals surface area contributed by atoms with Crippen LogP contribution in [0.5, 0.6) is 0 Å². The van der Waals surface area contributed by atoms with Crippen LogP contribution in [0, 0.1) is 6.92 Å². The average molecular weight is 272 g/mol. The Labute approximate surface area is 97.7 Å². The summed E-state index contributed by atoms with van der Waals surface area (Å²) in [5, 5.41) is 0. The van der Waals surface area contributed by atoms with Crippen LogP contribution in [0.15, 0.2) is 16.6 Å². The first-order valence-corrected chi connectivity index (χ1v) is 5.54. The third kappa shape index (κ3) is 2.96. The molecule has 15 heavy (non-hydrogen) atoms. The molecule has 0 unspecified atom stereocenters. The van der Waals surface area contributed by atoms with Crippen LogP contribution in [0.2, 0.25) is 0 Å². The van der Waals surface area contributed by atoms with Gasteiger partial charge in [0.25, 0.3) is 0 Å². The Kier molecular flexibility index (Phi) is 4.15. The maximum atomic E-state index is 11.3. The summed E-state index contributed by atoms with van der Waals surface area (Å²) in [5.74, 6) is -0.211. The van der Waals surface area contributed by atoms with Crippen molar-refractivity contribution >= 4 is 27.6 Å². The first-order chi connectivity index (χ1) is 7.06. The minimum atomic E-state index is -0.211. The van der Waals surface area contributed by atoms with Gasteiger partial charge >= 0.3 is 5.97 Å². The lowest BCUT2D eigenvalue weighted by Gasteiger charge is -2.09. The molecule has 0 spiro atoms.